The number of hydrogen-bond acceptors (Lipinski definition) is 9. The Morgan fingerprint density at radius 1 is 1.18 bits per heavy atom. The van der Waals surface area contributed by atoms with Crippen LogP contribution >= 0.6 is 11.8 Å². The smallest absolute Gasteiger partial charge is 0.335 e. The third-order valence-corrected chi connectivity index (χ3v) is 9.61. The van der Waals surface area contributed by atoms with Crippen LogP contribution in [-0.2, 0) is 21.4 Å². The van der Waals surface area contributed by atoms with Crippen LogP contribution in [0.25, 0.3) is 0 Å². The van der Waals surface area contributed by atoms with Crippen LogP contribution in [0, 0.1) is 5.92 Å². The molecule has 3 heterocycles. The Morgan fingerprint density at radius 2 is 1.97 bits per heavy atom. The van der Waals surface area contributed by atoms with Crippen LogP contribution in [0.4, 0.5) is 0 Å². The summed E-state index contributed by atoms with van der Waals surface area (Å²) < 4.78 is 12.0. The average Bonchev–Trinajstić information content (AvgIpc) is 3.14. The van der Waals surface area contributed by atoms with E-state index in [-0.39, 0.29) is 28.4 Å². The van der Waals surface area contributed by atoms with E-state index in [1.165, 1.54) is 17.3 Å². The lowest BCUT2D eigenvalue weighted by Crippen LogP contribution is -2.65. The highest BCUT2D eigenvalue weighted by Crippen LogP contribution is 2.63. The third-order valence-electron chi connectivity index (χ3n) is 8.23. The molecule has 10 atom stereocenters. The van der Waals surface area contributed by atoms with Gasteiger partial charge in [-0.2, -0.15) is 0 Å². The molecule has 2 aliphatic carbocycles. The minimum absolute atomic E-state index is 0.107. The van der Waals surface area contributed by atoms with Crippen LogP contribution in [0.2, 0.25) is 0 Å². The van der Waals surface area contributed by atoms with Crippen molar-refractivity contribution < 1.29 is 39.8 Å². The number of carboxylic acid groups (broad SMARTS) is 1. The average molecular weight is 478 g/mol. The summed E-state index contributed by atoms with van der Waals surface area (Å²) in [4.78, 5) is 13.9. The summed E-state index contributed by atoms with van der Waals surface area (Å²) in [6.45, 7) is 0.884. The summed E-state index contributed by atoms with van der Waals surface area (Å²) in [5.74, 6) is -0.578. The van der Waals surface area contributed by atoms with Crippen molar-refractivity contribution in [2.24, 2.45) is 5.92 Å². The van der Waals surface area contributed by atoms with Crippen molar-refractivity contribution in [2.45, 2.75) is 65.5 Å². The van der Waals surface area contributed by atoms with Crippen LogP contribution in [0.5, 0.6) is 11.5 Å². The first-order chi connectivity index (χ1) is 15.7. The number of nitrogens with zero attached hydrogens (tertiary/aromatic N) is 1. The number of rotatable bonds is 3. The Morgan fingerprint density at radius 3 is 2.73 bits per heavy atom. The number of aliphatic carboxylic acids is 1. The maximum absolute atomic E-state index is 11.5. The fourth-order valence-electron chi connectivity index (χ4n) is 6.66. The van der Waals surface area contributed by atoms with Crippen molar-refractivity contribution in [3.05, 3.63) is 35.4 Å². The number of aliphatic hydroxyl groups excluding tert-OH is 3. The van der Waals surface area contributed by atoms with E-state index in [9.17, 15) is 30.3 Å². The molecule has 1 aromatic carbocycles. The van der Waals surface area contributed by atoms with Gasteiger partial charge >= 0.3 is 5.97 Å². The zero-order valence-electron chi connectivity index (χ0n) is 17.9. The van der Waals surface area contributed by atoms with Gasteiger partial charge in [0.25, 0.3) is 0 Å². The third kappa shape index (κ3) is 2.82. The number of likely N-dealkylation sites (tertiary alicyclic amines) is 1. The Kier molecular flexibility index (Phi) is 4.82. The number of benzene rings is 1. The van der Waals surface area contributed by atoms with Gasteiger partial charge in [0.1, 0.15) is 29.9 Å². The first kappa shape index (κ1) is 21.7. The second kappa shape index (κ2) is 7.34. The number of likely N-dealkylation sites (N-methyl/N-ethyl adjacent to an activating group) is 1. The number of ether oxygens (including phenoxy) is 2. The van der Waals surface area contributed by atoms with Crippen LogP contribution < -0.4 is 4.74 Å². The Balaban J connectivity index is 1.38. The number of phenols is 1. The summed E-state index contributed by atoms with van der Waals surface area (Å²) in [5.41, 5.74) is 0.837. The van der Waals surface area contributed by atoms with Gasteiger partial charge < -0.3 is 39.9 Å². The topological polar surface area (TPSA) is 140 Å². The normalized spacial score (nSPS) is 45.4. The zero-order valence-corrected chi connectivity index (χ0v) is 18.8. The molecule has 178 valence electrons. The molecule has 1 spiro atoms. The molecule has 6 rings (SSSR count). The lowest BCUT2D eigenvalue weighted by atomic mass is 9.53. The number of aliphatic hydroxyl groups is 3. The van der Waals surface area contributed by atoms with Crippen LogP contribution in [-0.4, -0.2) is 97.2 Å². The fraction of sp³-hybridized carbons (Fsp3) is 0.609. The summed E-state index contributed by atoms with van der Waals surface area (Å²) in [6.07, 6.45) is -0.899. The van der Waals surface area contributed by atoms with Crippen LogP contribution in [0.15, 0.2) is 24.3 Å². The van der Waals surface area contributed by atoms with E-state index in [2.05, 4.69) is 18.0 Å². The standard InChI is InChI=1S/C23H27NO8S/c1-24-7-6-23-10-3-5-13(33-22-17(28)15(26)16(27)19(32-22)21(29)30)20(23)31-18-12(25)4-2-9(14(18)23)8-11(10)24/h2-5,10-11,13,15-17,19-20,22,25-28H,6-8H2,1H3,(H,29,30)/t10?,11?,13?,15-,16-,17+,19-,20?,22?,23?/m0/s1. The Labute approximate surface area is 194 Å². The van der Waals surface area contributed by atoms with Gasteiger partial charge in [0.15, 0.2) is 17.6 Å². The number of piperidine rings is 1. The molecule has 9 nitrogen and oxygen atoms in total. The van der Waals surface area contributed by atoms with Crippen molar-refractivity contribution in [3.63, 3.8) is 0 Å². The Bertz CT molecular complexity index is 1030. The lowest BCUT2D eigenvalue weighted by Gasteiger charge is -2.57. The van der Waals surface area contributed by atoms with E-state index in [1.807, 2.05) is 12.1 Å². The first-order valence-corrected chi connectivity index (χ1v) is 12.2. The number of aromatic hydroxyl groups is 1. The van der Waals surface area contributed by atoms with Gasteiger partial charge in [0, 0.05) is 22.9 Å². The molecule has 0 saturated carbocycles. The van der Waals surface area contributed by atoms with E-state index in [4.69, 9.17) is 9.47 Å². The first-order valence-electron chi connectivity index (χ1n) is 11.2. The molecule has 5 N–H and O–H groups in total. The molecule has 0 amide bonds. The zero-order chi connectivity index (χ0) is 23.2. The summed E-state index contributed by atoms with van der Waals surface area (Å²) in [6, 6.07) is 3.96. The van der Waals surface area contributed by atoms with Crippen molar-refractivity contribution in [1.29, 1.82) is 0 Å². The molecule has 2 bridgehead atoms. The molecule has 2 saturated heterocycles. The molecular formula is C23H27NO8S. The van der Waals surface area contributed by atoms with Crippen molar-refractivity contribution >= 4 is 17.7 Å². The Hall–Kier alpha value is -1.82. The summed E-state index contributed by atoms with van der Waals surface area (Å²) in [7, 11) is 2.13. The van der Waals surface area contributed by atoms with Gasteiger partial charge in [-0.3, -0.25) is 0 Å². The maximum atomic E-state index is 11.5. The predicted molar refractivity (Wildman–Crippen MR) is 117 cm³/mol. The minimum atomic E-state index is -1.72. The van der Waals surface area contributed by atoms with Crippen LogP contribution in [0.3, 0.4) is 0 Å². The van der Waals surface area contributed by atoms with E-state index in [1.54, 1.807) is 6.07 Å². The number of carboxylic acids is 1. The van der Waals surface area contributed by atoms with Gasteiger partial charge in [-0.1, -0.05) is 18.2 Å². The largest absolute Gasteiger partial charge is 0.504 e. The number of carbonyl (C=O) groups is 1. The molecule has 33 heavy (non-hydrogen) atoms. The molecule has 1 aromatic rings. The van der Waals surface area contributed by atoms with E-state index in [0.29, 0.717) is 11.8 Å². The predicted octanol–water partition coefficient (Wildman–Crippen LogP) is -0.169. The molecule has 10 heteroatoms. The monoisotopic (exact) mass is 477 g/mol. The second-order valence-electron chi connectivity index (χ2n) is 9.78. The molecule has 6 unspecified atom stereocenters. The van der Waals surface area contributed by atoms with E-state index >= 15 is 0 Å². The quantitative estimate of drug-likeness (QED) is 0.373. The molecule has 3 aliphatic heterocycles. The highest BCUT2D eigenvalue weighted by atomic mass is 32.2. The highest BCUT2D eigenvalue weighted by Gasteiger charge is 2.65. The molecule has 0 radical (unpaired) electrons. The minimum Gasteiger partial charge on any atom is -0.504 e. The van der Waals surface area contributed by atoms with Gasteiger partial charge in [0.05, 0.1) is 5.25 Å². The van der Waals surface area contributed by atoms with Gasteiger partial charge in [-0.25, -0.2) is 4.79 Å². The van der Waals surface area contributed by atoms with Crippen molar-refractivity contribution in [1.82, 2.24) is 4.90 Å². The van der Waals surface area contributed by atoms with E-state index in [0.717, 1.165) is 24.9 Å². The molecular weight excluding hydrogens is 450 g/mol. The second-order valence-corrected chi connectivity index (χ2v) is 11.1. The molecule has 0 aromatic heterocycles. The summed E-state index contributed by atoms with van der Waals surface area (Å²) >= 11 is 1.19. The maximum Gasteiger partial charge on any atom is 0.335 e. The fourth-order valence-corrected chi connectivity index (χ4v) is 8.09. The van der Waals surface area contributed by atoms with Crippen molar-refractivity contribution in [2.75, 3.05) is 13.6 Å². The number of phenolic OH excluding ortho intramolecular Hbond substituents is 1. The summed E-state index contributed by atoms with van der Waals surface area (Å²) in [5, 5.41) is 50.5. The lowest BCUT2D eigenvalue weighted by molar-refractivity contribution is -0.209. The van der Waals surface area contributed by atoms with Gasteiger partial charge in [-0.15, -0.1) is 11.8 Å². The molecule has 2 fully saturated rings. The van der Waals surface area contributed by atoms with Crippen LogP contribution in [0.1, 0.15) is 17.5 Å². The molecule has 5 aliphatic rings. The van der Waals surface area contributed by atoms with Gasteiger partial charge in [0.2, 0.25) is 0 Å². The number of hydrogen-bond donors (Lipinski definition) is 5. The SMILES string of the molecule is CN1CCC23c4c5ccc(O)c4OC2C(SC2O[C@H](C(=O)O)[C@@H](O)[C@H](O)[C@H]2O)C=CC3C1C5. The number of thioether (sulfide) groups is 1. The van der Waals surface area contributed by atoms with Crippen molar-refractivity contribution in [3.8, 4) is 11.5 Å². The van der Waals surface area contributed by atoms with E-state index < -0.39 is 35.8 Å². The highest BCUT2D eigenvalue weighted by molar-refractivity contribution is 8.00. The van der Waals surface area contributed by atoms with Gasteiger partial charge in [-0.05, 0) is 38.1 Å².